The molecule has 24 heavy (non-hydrogen) atoms. The molecule has 0 aliphatic heterocycles. The topological polar surface area (TPSA) is 50.4 Å². The zero-order valence-corrected chi connectivity index (χ0v) is 13.7. The van der Waals surface area contributed by atoms with E-state index in [4.69, 9.17) is 11.6 Å². The monoisotopic (exact) mass is 354 g/mol. The van der Waals surface area contributed by atoms with Gasteiger partial charge in [-0.2, -0.15) is 8.78 Å². The molecule has 2 aromatic rings. The molecule has 0 fully saturated rings. The molecule has 0 saturated carbocycles. The van der Waals surface area contributed by atoms with Gasteiger partial charge in [0.05, 0.1) is 11.6 Å². The highest BCUT2D eigenvalue weighted by Gasteiger charge is 2.10. The van der Waals surface area contributed by atoms with Crippen LogP contribution in [0.1, 0.15) is 12.5 Å². The van der Waals surface area contributed by atoms with E-state index in [1.165, 1.54) is 18.2 Å². The minimum atomic E-state index is -2.94. The van der Waals surface area contributed by atoms with E-state index >= 15 is 0 Å². The molecule has 0 spiro atoms. The molecule has 0 unspecified atom stereocenters. The Kier molecular flexibility index (Phi) is 6.37. The van der Waals surface area contributed by atoms with E-state index in [2.05, 4.69) is 15.4 Å². The van der Waals surface area contributed by atoms with Crippen LogP contribution in [-0.2, 0) is 11.2 Å². The van der Waals surface area contributed by atoms with Crippen LogP contribution >= 0.6 is 11.6 Å². The maximum absolute atomic E-state index is 12.2. The number of benzene rings is 2. The first-order valence-electron chi connectivity index (χ1n) is 7.35. The summed E-state index contributed by atoms with van der Waals surface area (Å²) in [6, 6.07) is 11.8. The molecular weight excluding hydrogens is 338 g/mol. The Bertz CT molecular complexity index is 711. The highest BCUT2D eigenvalue weighted by molar-refractivity contribution is 6.32. The number of hydrogen-bond acceptors (Lipinski definition) is 3. The molecule has 7 heteroatoms. The van der Waals surface area contributed by atoms with E-state index in [1.807, 2.05) is 31.2 Å². The summed E-state index contributed by atoms with van der Waals surface area (Å²) >= 11 is 5.86. The largest absolute Gasteiger partial charge is 0.433 e. The first kappa shape index (κ1) is 18.0. The van der Waals surface area contributed by atoms with Crippen molar-refractivity contribution in [3.63, 3.8) is 0 Å². The van der Waals surface area contributed by atoms with Crippen molar-refractivity contribution in [2.45, 2.75) is 20.0 Å². The number of halogens is 3. The Hall–Kier alpha value is -2.34. The summed E-state index contributed by atoms with van der Waals surface area (Å²) in [5, 5.41) is 5.75. The first-order valence-corrected chi connectivity index (χ1v) is 7.73. The number of hydrogen-bond donors (Lipinski definition) is 2. The smallest absolute Gasteiger partial charge is 0.387 e. The van der Waals surface area contributed by atoms with E-state index in [0.717, 1.165) is 17.7 Å². The van der Waals surface area contributed by atoms with Crippen LogP contribution in [0.25, 0.3) is 0 Å². The van der Waals surface area contributed by atoms with Gasteiger partial charge in [-0.1, -0.05) is 36.7 Å². The molecule has 0 aliphatic rings. The number of nitrogens with one attached hydrogen (secondary N) is 2. The van der Waals surface area contributed by atoms with Gasteiger partial charge in [-0.25, -0.2) is 0 Å². The summed E-state index contributed by atoms with van der Waals surface area (Å²) in [5.74, 6) is -0.335. The van der Waals surface area contributed by atoms with Crippen molar-refractivity contribution in [2.75, 3.05) is 17.2 Å². The van der Waals surface area contributed by atoms with Crippen molar-refractivity contribution in [3.05, 3.63) is 53.1 Å². The lowest BCUT2D eigenvalue weighted by Crippen LogP contribution is -2.22. The fraction of sp³-hybridized carbons (Fsp3) is 0.235. The van der Waals surface area contributed by atoms with Crippen molar-refractivity contribution >= 4 is 28.9 Å². The lowest BCUT2D eigenvalue weighted by Gasteiger charge is -2.12. The molecule has 1 amide bonds. The SMILES string of the molecule is CCc1ccccc1NC(=O)CNc1ccc(OC(F)F)c(Cl)c1. The molecule has 128 valence electrons. The van der Waals surface area contributed by atoms with Gasteiger partial charge in [0.1, 0.15) is 5.75 Å². The first-order chi connectivity index (χ1) is 11.5. The van der Waals surface area contributed by atoms with Crippen molar-refractivity contribution < 1.29 is 18.3 Å². The van der Waals surface area contributed by atoms with Crippen LogP contribution in [0.4, 0.5) is 20.2 Å². The molecule has 2 rings (SSSR count). The van der Waals surface area contributed by atoms with Gasteiger partial charge >= 0.3 is 6.61 Å². The third-order valence-corrected chi connectivity index (χ3v) is 3.57. The summed E-state index contributed by atoms with van der Waals surface area (Å²) in [4.78, 5) is 12.0. The minimum Gasteiger partial charge on any atom is -0.433 e. The lowest BCUT2D eigenvalue weighted by atomic mass is 10.1. The number of carbonyl (C=O) groups is 1. The lowest BCUT2D eigenvalue weighted by molar-refractivity contribution is -0.114. The maximum Gasteiger partial charge on any atom is 0.387 e. The van der Waals surface area contributed by atoms with E-state index in [-0.39, 0.29) is 23.2 Å². The molecule has 2 N–H and O–H groups in total. The maximum atomic E-state index is 12.2. The molecular formula is C17H17ClF2N2O2. The molecule has 0 radical (unpaired) electrons. The van der Waals surface area contributed by atoms with E-state index in [1.54, 1.807) is 0 Å². The number of para-hydroxylation sites is 1. The van der Waals surface area contributed by atoms with Crippen LogP contribution in [0.5, 0.6) is 5.75 Å². The van der Waals surface area contributed by atoms with Crippen LogP contribution in [-0.4, -0.2) is 19.1 Å². The molecule has 0 atom stereocenters. The number of anilines is 2. The Morgan fingerprint density at radius 1 is 1.25 bits per heavy atom. The van der Waals surface area contributed by atoms with Crippen molar-refractivity contribution in [3.8, 4) is 5.75 Å². The van der Waals surface area contributed by atoms with Crippen molar-refractivity contribution in [1.29, 1.82) is 0 Å². The minimum absolute atomic E-state index is 0.0173. The normalized spacial score (nSPS) is 10.5. The number of ether oxygens (including phenoxy) is 1. The van der Waals surface area contributed by atoms with Crippen LogP contribution in [0.3, 0.4) is 0 Å². The highest BCUT2D eigenvalue weighted by atomic mass is 35.5. The fourth-order valence-electron chi connectivity index (χ4n) is 2.13. The third kappa shape index (κ3) is 5.09. The quantitative estimate of drug-likeness (QED) is 0.766. The van der Waals surface area contributed by atoms with E-state index in [9.17, 15) is 13.6 Å². The van der Waals surface area contributed by atoms with Gasteiger partial charge in [0.2, 0.25) is 5.91 Å². The van der Waals surface area contributed by atoms with Crippen LogP contribution in [0.2, 0.25) is 5.02 Å². The second kappa shape index (κ2) is 8.49. The fourth-order valence-corrected chi connectivity index (χ4v) is 2.35. The molecule has 0 heterocycles. The Morgan fingerprint density at radius 2 is 2.00 bits per heavy atom. The number of rotatable bonds is 7. The van der Waals surface area contributed by atoms with Crippen molar-refractivity contribution in [1.82, 2.24) is 0 Å². The van der Waals surface area contributed by atoms with Gasteiger partial charge in [0.25, 0.3) is 0 Å². The standard InChI is InChI=1S/C17H17ClF2N2O2/c1-2-11-5-3-4-6-14(11)22-16(23)10-21-12-7-8-15(13(18)9-12)24-17(19)20/h3-9,17,21H,2,10H2,1H3,(H,22,23). The third-order valence-electron chi connectivity index (χ3n) is 3.27. The average molecular weight is 355 g/mol. The summed E-state index contributed by atoms with van der Waals surface area (Å²) < 4.78 is 28.6. The molecule has 0 bridgehead atoms. The van der Waals surface area contributed by atoms with Gasteiger partial charge < -0.3 is 15.4 Å². The molecule has 2 aromatic carbocycles. The zero-order chi connectivity index (χ0) is 17.5. The van der Waals surface area contributed by atoms with Crippen molar-refractivity contribution in [2.24, 2.45) is 0 Å². The van der Waals surface area contributed by atoms with Gasteiger partial charge in [-0.05, 0) is 36.2 Å². The van der Waals surface area contributed by atoms with Crippen LogP contribution in [0, 0.1) is 0 Å². The second-order valence-electron chi connectivity index (χ2n) is 4.94. The van der Waals surface area contributed by atoms with Gasteiger partial charge in [-0.3, -0.25) is 4.79 Å². The Labute approximate surface area is 143 Å². The van der Waals surface area contributed by atoms with E-state index in [0.29, 0.717) is 5.69 Å². The molecule has 0 aliphatic carbocycles. The summed E-state index contributed by atoms with van der Waals surface area (Å²) in [6.45, 7) is -0.914. The molecule has 0 saturated heterocycles. The number of amides is 1. The number of aryl methyl sites for hydroxylation is 1. The molecule has 4 nitrogen and oxygen atoms in total. The Morgan fingerprint density at radius 3 is 2.67 bits per heavy atom. The van der Waals surface area contributed by atoms with Crippen LogP contribution in [0.15, 0.2) is 42.5 Å². The number of alkyl halides is 2. The summed E-state index contributed by atoms with van der Waals surface area (Å²) in [7, 11) is 0. The average Bonchev–Trinajstić information content (AvgIpc) is 2.55. The predicted molar refractivity (Wildman–Crippen MR) is 91.0 cm³/mol. The second-order valence-corrected chi connectivity index (χ2v) is 5.34. The predicted octanol–water partition coefficient (Wildman–Crippen LogP) is 4.55. The molecule has 0 aromatic heterocycles. The summed E-state index contributed by atoms with van der Waals surface area (Å²) in [5.41, 5.74) is 2.34. The van der Waals surface area contributed by atoms with Crippen LogP contribution < -0.4 is 15.4 Å². The zero-order valence-electron chi connectivity index (χ0n) is 13.0. The Balaban J connectivity index is 1.93. The number of carbonyl (C=O) groups excluding carboxylic acids is 1. The summed E-state index contributed by atoms with van der Waals surface area (Å²) in [6.07, 6.45) is 0.811. The van der Waals surface area contributed by atoms with Gasteiger partial charge in [-0.15, -0.1) is 0 Å². The van der Waals surface area contributed by atoms with E-state index < -0.39 is 6.61 Å². The highest BCUT2D eigenvalue weighted by Crippen LogP contribution is 2.28. The van der Waals surface area contributed by atoms with Gasteiger partial charge in [0.15, 0.2) is 0 Å². The van der Waals surface area contributed by atoms with Gasteiger partial charge in [0, 0.05) is 11.4 Å².